The molecule has 0 aromatic carbocycles. The van der Waals surface area contributed by atoms with Gasteiger partial charge in [-0.1, -0.05) is 0 Å². The van der Waals surface area contributed by atoms with E-state index >= 15 is 0 Å². The molecule has 4 saturated carbocycles. The van der Waals surface area contributed by atoms with Crippen molar-refractivity contribution in [1.82, 2.24) is 10.2 Å². The molecule has 0 spiro atoms. The molecular weight excluding hydrogens is 200 g/mol. The van der Waals surface area contributed by atoms with E-state index in [-0.39, 0.29) is 0 Å². The van der Waals surface area contributed by atoms with E-state index in [9.17, 15) is 4.79 Å². The fraction of sp³-hybridized carbons (Fsp3) is 0.923. The molecule has 0 aromatic rings. The van der Waals surface area contributed by atoms with Crippen LogP contribution in [0, 0.1) is 23.7 Å². The quantitative estimate of drug-likeness (QED) is 0.720. The summed E-state index contributed by atoms with van der Waals surface area (Å²) in [6.45, 7) is 1.38. The molecule has 5 fully saturated rings. The van der Waals surface area contributed by atoms with Crippen molar-refractivity contribution in [3.05, 3.63) is 0 Å². The number of hydrogen-bond acceptors (Lipinski definition) is 2. The Hall–Kier alpha value is -0.570. The fourth-order valence-electron chi connectivity index (χ4n) is 5.15. The Bertz CT molecular complexity index is 300. The van der Waals surface area contributed by atoms with Gasteiger partial charge in [0.15, 0.2) is 0 Å². The summed E-state index contributed by atoms with van der Waals surface area (Å²) in [5.74, 6) is 4.02. The maximum atomic E-state index is 11.9. The van der Waals surface area contributed by atoms with Gasteiger partial charge < -0.3 is 4.90 Å². The van der Waals surface area contributed by atoms with Gasteiger partial charge in [-0.05, 0) is 55.8 Å². The number of carbonyl (C=O) groups excluding carboxylic acids is 1. The maximum absolute atomic E-state index is 11.9. The number of nitrogens with zero attached hydrogens (tertiary/aromatic N) is 1. The van der Waals surface area contributed by atoms with Crippen LogP contribution in [0.15, 0.2) is 0 Å². The third-order valence-electron chi connectivity index (χ3n) is 5.42. The molecule has 1 aliphatic heterocycles. The second-order valence-electron chi connectivity index (χ2n) is 6.37. The van der Waals surface area contributed by atoms with E-state index in [1.54, 1.807) is 0 Å². The molecule has 3 nitrogen and oxygen atoms in total. The Kier molecular flexibility index (Phi) is 1.90. The van der Waals surface area contributed by atoms with Crippen LogP contribution in [0.5, 0.6) is 0 Å². The predicted octanol–water partition coefficient (Wildman–Crippen LogP) is 1.20. The van der Waals surface area contributed by atoms with Gasteiger partial charge >= 0.3 is 0 Å². The highest BCUT2D eigenvalue weighted by Crippen LogP contribution is 2.55. The highest BCUT2D eigenvalue weighted by Gasteiger charge is 2.51. The van der Waals surface area contributed by atoms with Gasteiger partial charge in [-0.2, -0.15) is 0 Å². The topological polar surface area (TPSA) is 32.3 Å². The third kappa shape index (κ3) is 1.21. The van der Waals surface area contributed by atoms with E-state index in [0.717, 1.165) is 30.3 Å². The summed E-state index contributed by atoms with van der Waals surface area (Å²) < 4.78 is 0. The zero-order chi connectivity index (χ0) is 10.7. The third-order valence-corrected chi connectivity index (χ3v) is 5.42. The number of rotatable bonds is 1. The van der Waals surface area contributed by atoms with Gasteiger partial charge in [-0.15, -0.1) is 0 Å². The van der Waals surface area contributed by atoms with Gasteiger partial charge in [-0.3, -0.25) is 10.1 Å². The van der Waals surface area contributed by atoms with Crippen molar-refractivity contribution in [2.24, 2.45) is 23.7 Å². The Balaban J connectivity index is 1.62. The number of carbonyl (C=O) groups is 1. The Morgan fingerprint density at radius 3 is 2.12 bits per heavy atom. The number of amides is 1. The molecule has 16 heavy (non-hydrogen) atoms. The van der Waals surface area contributed by atoms with Crippen molar-refractivity contribution in [3.8, 4) is 0 Å². The number of nitrogens with one attached hydrogen (secondary N) is 1. The van der Waals surface area contributed by atoms with Crippen LogP contribution >= 0.6 is 0 Å². The average molecular weight is 220 g/mol. The molecular formula is C13H20N2O. The second-order valence-corrected chi connectivity index (χ2v) is 6.37. The molecule has 4 aliphatic carbocycles. The van der Waals surface area contributed by atoms with E-state index in [4.69, 9.17) is 0 Å². The van der Waals surface area contributed by atoms with Crippen LogP contribution in [0.2, 0.25) is 0 Å². The van der Waals surface area contributed by atoms with Crippen LogP contribution in [-0.4, -0.2) is 30.1 Å². The first kappa shape index (κ1) is 9.46. The van der Waals surface area contributed by atoms with Gasteiger partial charge in [-0.25, -0.2) is 0 Å². The lowest BCUT2D eigenvalue weighted by atomic mass is 9.54. The van der Waals surface area contributed by atoms with E-state index in [1.165, 1.54) is 32.1 Å². The first-order chi connectivity index (χ1) is 7.81. The van der Waals surface area contributed by atoms with Crippen molar-refractivity contribution in [2.75, 3.05) is 13.2 Å². The largest absolute Gasteiger partial charge is 0.325 e. The molecule has 1 saturated heterocycles. The highest BCUT2D eigenvalue weighted by atomic mass is 16.2. The normalized spacial score (nSPS) is 50.4. The smallest absolute Gasteiger partial charge is 0.237 e. The standard InChI is InChI=1S/C13H20N2O/c16-12-6-14-7-15(12)13-10-2-8-1-9(4-10)5-11(13)3-8/h8-11,13-14H,1-7H2. The monoisotopic (exact) mass is 220 g/mol. The SMILES string of the molecule is O=C1CNCN1C1C2CC3CC(C2)CC1C3. The molecule has 1 N–H and O–H groups in total. The van der Waals surface area contributed by atoms with Crippen LogP contribution < -0.4 is 5.32 Å². The maximum Gasteiger partial charge on any atom is 0.237 e. The van der Waals surface area contributed by atoms with Crippen molar-refractivity contribution in [2.45, 2.75) is 38.1 Å². The van der Waals surface area contributed by atoms with Gasteiger partial charge in [0.1, 0.15) is 0 Å². The fourth-order valence-corrected chi connectivity index (χ4v) is 5.15. The lowest BCUT2D eigenvalue weighted by molar-refractivity contribution is -0.137. The highest BCUT2D eigenvalue weighted by molar-refractivity contribution is 5.80. The summed E-state index contributed by atoms with van der Waals surface area (Å²) in [7, 11) is 0. The first-order valence-electron chi connectivity index (χ1n) is 6.81. The molecule has 5 aliphatic rings. The molecule has 3 heteroatoms. The van der Waals surface area contributed by atoms with Crippen molar-refractivity contribution in [1.29, 1.82) is 0 Å². The van der Waals surface area contributed by atoms with E-state index in [1.807, 2.05) is 0 Å². The minimum absolute atomic E-state index is 0.345. The molecule has 1 amide bonds. The minimum atomic E-state index is 0.345. The van der Waals surface area contributed by atoms with E-state index in [0.29, 0.717) is 18.5 Å². The van der Waals surface area contributed by atoms with Gasteiger partial charge in [0.05, 0.1) is 13.2 Å². The minimum Gasteiger partial charge on any atom is -0.325 e. The molecule has 0 atom stereocenters. The molecule has 5 rings (SSSR count). The summed E-state index contributed by atoms with van der Waals surface area (Å²) in [4.78, 5) is 14.0. The average Bonchev–Trinajstić information content (AvgIpc) is 2.63. The molecule has 0 unspecified atom stereocenters. The Morgan fingerprint density at radius 1 is 1.00 bits per heavy atom. The second kappa shape index (κ2) is 3.22. The first-order valence-corrected chi connectivity index (χ1v) is 6.81. The predicted molar refractivity (Wildman–Crippen MR) is 60.5 cm³/mol. The molecule has 0 radical (unpaired) electrons. The zero-order valence-corrected chi connectivity index (χ0v) is 9.69. The lowest BCUT2D eigenvalue weighted by Gasteiger charge is -2.56. The summed E-state index contributed by atoms with van der Waals surface area (Å²) in [6.07, 6.45) is 7.11. The zero-order valence-electron chi connectivity index (χ0n) is 9.69. The van der Waals surface area contributed by atoms with E-state index < -0.39 is 0 Å². The molecule has 88 valence electrons. The van der Waals surface area contributed by atoms with Crippen molar-refractivity contribution < 1.29 is 4.79 Å². The summed E-state index contributed by atoms with van der Waals surface area (Å²) in [5.41, 5.74) is 0. The van der Waals surface area contributed by atoms with Gasteiger partial charge in [0.2, 0.25) is 5.91 Å². The Labute approximate surface area is 96.6 Å². The van der Waals surface area contributed by atoms with Gasteiger partial charge in [0.25, 0.3) is 0 Å². The van der Waals surface area contributed by atoms with Crippen LogP contribution in [0.1, 0.15) is 32.1 Å². The van der Waals surface area contributed by atoms with Crippen molar-refractivity contribution in [3.63, 3.8) is 0 Å². The van der Waals surface area contributed by atoms with Crippen LogP contribution in [-0.2, 0) is 4.79 Å². The lowest BCUT2D eigenvalue weighted by Crippen LogP contribution is -2.56. The molecule has 4 bridgehead atoms. The van der Waals surface area contributed by atoms with Crippen molar-refractivity contribution >= 4 is 5.91 Å². The van der Waals surface area contributed by atoms with E-state index in [2.05, 4.69) is 10.2 Å². The number of hydrogen-bond donors (Lipinski definition) is 1. The summed E-state index contributed by atoms with van der Waals surface area (Å²) in [5, 5.41) is 3.21. The van der Waals surface area contributed by atoms with Gasteiger partial charge in [0, 0.05) is 6.04 Å². The van der Waals surface area contributed by atoms with Crippen LogP contribution in [0.3, 0.4) is 0 Å². The summed E-state index contributed by atoms with van der Waals surface area (Å²) in [6, 6.07) is 0.593. The van der Waals surface area contributed by atoms with Crippen LogP contribution in [0.4, 0.5) is 0 Å². The Morgan fingerprint density at radius 2 is 1.62 bits per heavy atom. The summed E-state index contributed by atoms with van der Waals surface area (Å²) >= 11 is 0. The van der Waals surface area contributed by atoms with Crippen LogP contribution in [0.25, 0.3) is 0 Å². The molecule has 1 heterocycles. The molecule has 0 aromatic heterocycles.